The molecule has 2 aliphatic carbocycles. The van der Waals surface area contributed by atoms with Crippen LogP contribution in [0.25, 0.3) is 0 Å². The summed E-state index contributed by atoms with van der Waals surface area (Å²) in [4.78, 5) is 40.1. The van der Waals surface area contributed by atoms with Gasteiger partial charge < -0.3 is 15.5 Å². The Kier molecular flexibility index (Phi) is 9.47. The number of rotatable bonds is 9. The molecule has 0 radical (unpaired) electrons. The van der Waals surface area contributed by atoms with Crippen LogP contribution >= 0.6 is 0 Å². The molecule has 0 unspecified atom stereocenters. The number of carbonyl (C=O) groups is 3. The van der Waals surface area contributed by atoms with Gasteiger partial charge in [0.25, 0.3) is 0 Å². The average molecular weight is 476 g/mol. The van der Waals surface area contributed by atoms with E-state index < -0.39 is 16.8 Å². The van der Waals surface area contributed by atoms with Crippen LogP contribution in [0.3, 0.4) is 0 Å². The van der Waals surface area contributed by atoms with E-state index in [0.29, 0.717) is 5.69 Å². The maximum Gasteiger partial charge on any atom is 0.242 e. The Morgan fingerprint density at radius 1 is 0.970 bits per heavy atom. The van der Waals surface area contributed by atoms with Crippen LogP contribution in [0.2, 0.25) is 0 Å². The second-order valence-electron chi connectivity index (χ2n) is 9.40. The Morgan fingerprint density at radius 3 is 2.21 bits per heavy atom. The highest BCUT2D eigenvalue weighted by atomic mass is 32.2. The van der Waals surface area contributed by atoms with Crippen molar-refractivity contribution in [1.29, 1.82) is 0 Å². The van der Waals surface area contributed by atoms with Crippen molar-refractivity contribution in [3.05, 3.63) is 29.8 Å². The first-order chi connectivity index (χ1) is 15.8. The number of nitrogens with one attached hydrogen (secondary N) is 2. The number of amides is 3. The van der Waals surface area contributed by atoms with Gasteiger partial charge in [0.2, 0.25) is 17.7 Å². The third-order valence-electron chi connectivity index (χ3n) is 6.67. The van der Waals surface area contributed by atoms with Gasteiger partial charge in [-0.05, 0) is 51.7 Å². The van der Waals surface area contributed by atoms with E-state index in [1.165, 1.54) is 6.42 Å². The molecule has 7 nitrogen and oxygen atoms in total. The molecule has 182 valence electrons. The zero-order chi connectivity index (χ0) is 23.8. The molecule has 3 rings (SSSR count). The summed E-state index contributed by atoms with van der Waals surface area (Å²) in [5, 5.41) is 5.84. The topological polar surface area (TPSA) is 95.6 Å². The van der Waals surface area contributed by atoms with Crippen molar-refractivity contribution in [2.75, 3.05) is 16.8 Å². The van der Waals surface area contributed by atoms with Gasteiger partial charge in [0, 0.05) is 28.6 Å². The van der Waals surface area contributed by atoms with Crippen molar-refractivity contribution in [3.63, 3.8) is 0 Å². The van der Waals surface area contributed by atoms with Crippen molar-refractivity contribution in [2.45, 2.75) is 89.8 Å². The molecule has 8 heteroatoms. The normalized spacial score (nSPS) is 19.0. The van der Waals surface area contributed by atoms with Gasteiger partial charge >= 0.3 is 0 Å². The van der Waals surface area contributed by atoms with Gasteiger partial charge in [-0.15, -0.1) is 0 Å². The van der Waals surface area contributed by atoms with Crippen LogP contribution in [0.4, 0.5) is 5.69 Å². The van der Waals surface area contributed by atoms with Crippen molar-refractivity contribution >= 4 is 34.2 Å². The maximum atomic E-state index is 13.2. The average Bonchev–Trinajstić information content (AvgIpc) is 3.30. The van der Waals surface area contributed by atoms with Gasteiger partial charge in [0.05, 0.1) is 0 Å². The summed E-state index contributed by atoms with van der Waals surface area (Å²) in [7, 11) is -1.65. The third kappa shape index (κ3) is 7.66. The monoisotopic (exact) mass is 475 g/mol. The third-order valence-corrected chi connectivity index (χ3v) is 7.82. The lowest BCUT2D eigenvalue weighted by atomic mass is 9.95. The molecule has 2 N–H and O–H groups in total. The van der Waals surface area contributed by atoms with Crippen molar-refractivity contribution in [3.8, 4) is 0 Å². The van der Waals surface area contributed by atoms with E-state index in [0.717, 1.165) is 56.9 Å². The molecule has 1 aromatic rings. The fourth-order valence-corrected chi connectivity index (χ4v) is 5.75. The molecule has 0 spiro atoms. The molecule has 0 bridgehead atoms. The molecular formula is C25H37N3O4S. The number of aryl methyl sites for hydroxylation is 1. The van der Waals surface area contributed by atoms with E-state index in [2.05, 4.69) is 10.6 Å². The predicted octanol–water partition coefficient (Wildman–Crippen LogP) is 3.29. The summed E-state index contributed by atoms with van der Waals surface area (Å²) in [5.74, 6) is -1.33. The lowest BCUT2D eigenvalue weighted by molar-refractivity contribution is -0.140. The highest BCUT2D eigenvalue weighted by Crippen LogP contribution is 2.26. The zero-order valence-corrected chi connectivity index (χ0v) is 20.6. The summed E-state index contributed by atoms with van der Waals surface area (Å²) in [6.07, 6.45) is 9.16. The van der Waals surface area contributed by atoms with Crippen molar-refractivity contribution in [2.24, 2.45) is 0 Å². The van der Waals surface area contributed by atoms with E-state index in [4.69, 9.17) is 0 Å². The molecule has 0 heterocycles. The van der Waals surface area contributed by atoms with Gasteiger partial charge in [0.15, 0.2) is 0 Å². The lowest BCUT2D eigenvalue weighted by Crippen LogP contribution is -2.54. The maximum absolute atomic E-state index is 13.2. The van der Waals surface area contributed by atoms with Crippen molar-refractivity contribution in [1.82, 2.24) is 10.2 Å². The van der Waals surface area contributed by atoms with Crippen LogP contribution in [0.1, 0.15) is 70.3 Å². The van der Waals surface area contributed by atoms with Gasteiger partial charge in [-0.2, -0.15) is 0 Å². The summed E-state index contributed by atoms with van der Waals surface area (Å²) < 4.78 is 12.6. The van der Waals surface area contributed by atoms with Crippen LogP contribution < -0.4 is 10.6 Å². The predicted molar refractivity (Wildman–Crippen MR) is 131 cm³/mol. The minimum Gasteiger partial charge on any atom is -0.352 e. The van der Waals surface area contributed by atoms with Gasteiger partial charge in [0.1, 0.15) is 17.5 Å². The van der Waals surface area contributed by atoms with Crippen LogP contribution in [0.15, 0.2) is 24.3 Å². The van der Waals surface area contributed by atoms with Crippen LogP contribution in [-0.2, 0) is 25.2 Å². The van der Waals surface area contributed by atoms with E-state index in [1.54, 1.807) is 24.0 Å². The summed E-state index contributed by atoms with van der Waals surface area (Å²) in [5.41, 5.74) is 1.71. The minimum absolute atomic E-state index is 0.0111. The first-order valence-electron chi connectivity index (χ1n) is 12.2. The molecule has 2 saturated carbocycles. The first kappa shape index (κ1) is 25.4. The lowest BCUT2D eigenvalue weighted by Gasteiger charge is -2.35. The Hall–Kier alpha value is -2.22. The molecule has 1 aromatic carbocycles. The fourth-order valence-electron chi connectivity index (χ4n) is 4.86. The first-order valence-corrected chi connectivity index (χ1v) is 13.7. The zero-order valence-electron chi connectivity index (χ0n) is 19.8. The number of benzene rings is 1. The van der Waals surface area contributed by atoms with Gasteiger partial charge in [-0.25, -0.2) is 0 Å². The second-order valence-corrected chi connectivity index (χ2v) is 10.9. The van der Waals surface area contributed by atoms with Gasteiger partial charge in [-0.3, -0.25) is 18.6 Å². The standard InChI is InChI=1S/C25H37N3O4S/c1-18-12-14-21(15-13-18)26-23(29)16-33(32)17-24(30)28(22-10-6-7-11-22)19(2)25(31)27-20-8-4-3-5-9-20/h12-15,19-20,22H,3-11,16-17H2,1-2H3,(H,26,29)(H,27,31)/t19-,33+/m0/s1. The van der Waals surface area contributed by atoms with E-state index in [9.17, 15) is 18.6 Å². The molecule has 0 aliphatic heterocycles. The van der Waals surface area contributed by atoms with Crippen molar-refractivity contribution < 1.29 is 18.6 Å². The summed E-state index contributed by atoms with van der Waals surface area (Å²) in [6.45, 7) is 3.72. The number of nitrogens with zero attached hydrogens (tertiary/aromatic N) is 1. The number of carbonyl (C=O) groups excluding carboxylic acids is 3. The SMILES string of the molecule is Cc1ccc(NC(=O)C[S@@](=O)CC(=O)N(C2CCCC2)[C@@H](C)C(=O)NC2CCCCC2)cc1. The Morgan fingerprint density at radius 2 is 1.58 bits per heavy atom. The highest BCUT2D eigenvalue weighted by Gasteiger charge is 2.35. The molecule has 33 heavy (non-hydrogen) atoms. The Bertz CT molecular complexity index is 846. The van der Waals surface area contributed by atoms with Crippen LogP contribution in [0, 0.1) is 6.92 Å². The fraction of sp³-hybridized carbons (Fsp3) is 0.640. The Labute approximate surface area is 199 Å². The highest BCUT2D eigenvalue weighted by molar-refractivity contribution is 7.86. The smallest absolute Gasteiger partial charge is 0.242 e. The molecule has 2 aliphatic rings. The molecule has 0 saturated heterocycles. The number of hydrogen-bond donors (Lipinski definition) is 2. The quantitative estimate of drug-likeness (QED) is 0.573. The molecular weight excluding hydrogens is 438 g/mol. The Balaban J connectivity index is 1.57. The van der Waals surface area contributed by atoms with E-state index in [1.807, 2.05) is 19.1 Å². The molecule has 3 amide bonds. The minimum atomic E-state index is -1.65. The largest absolute Gasteiger partial charge is 0.352 e. The summed E-state index contributed by atoms with van der Waals surface area (Å²) in [6, 6.07) is 6.90. The molecule has 0 aromatic heterocycles. The van der Waals surface area contributed by atoms with Crippen LogP contribution in [-0.4, -0.2) is 56.5 Å². The second kappa shape index (κ2) is 12.3. The summed E-state index contributed by atoms with van der Waals surface area (Å²) >= 11 is 0. The molecule has 2 fully saturated rings. The van der Waals surface area contributed by atoms with E-state index >= 15 is 0 Å². The number of hydrogen-bond acceptors (Lipinski definition) is 4. The van der Waals surface area contributed by atoms with Crippen LogP contribution in [0.5, 0.6) is 0 Å². The molecule has 2 atom stereocenters. The van der Waals surface area contributed by atoms with E-state index in [-0.39, 0.29) is 41.3 Å². The number of anilines is 1. The van der Waals surface area contributed by atoms with Gasteiger partial charge in [-0.1, -0.05) is 49.8 Å².